The van der Waals surface area contributed by atoms with Crippen LogP contribution in [0, 0.1) is 0 Å². The lowest BCUT2D eigenvalue weighted by Crippen LogP contribution is -2.49. The number of fused-ring (bicyclic) bond motifs is 2. The fourth-order valence-corrected chi connectivity index (χ4v) is 6.93. The number of para-hydroxylation sites is 2. The average Bonchev–Trinajstić information content (AvgIpc) is 3.18. The highest BCUT2D eigenvalue weighted by Gasteiger charge is 2.36. The van der Waals surface area contributed by atoms with E-state index in [-0.39, 0.29) is 23.2 Å². The number of sulfonamides is 1. The van der Waals surface area contributed by atoms with Crippen LogP contribution in [0.4, 0.5) is 11.4 Å². The molecule has 1 amide bonds. The van der Waals surface area contributed by atoms with Gasteiger partial charge in [-0.25, -0.2) is 8.42 Å². The third-order valence-electron chi connectivity index (χ3n) is 5.95. The Bertz CT molecular complexity index is 1590. The normalized spacial score (nSPS) is 15.5. The summed E-state index contributed by atoms with van der Waals surface area (Å²) in [5.41, 5.74) is 2.37. The molecule has 0 fully saturated rings. The second-order valence-corrected chi connectivity index (χ2v) is 11.7. The summed E-state index contributed by atoms with van der Waals surface area (Å²) in [5.74, 6) is -0.346. The second kappa shape index (κ2) is 9.44. The van der Waals surface area contributed by atoms with Gasteiger partial charge < -0.3 is 10.1 Å². The number of aromatic nitrogens is 1. The molecule has 8 nitrogen and oxygen atoms in total. The molecule has 186 valence electrons. The highest BCUT2D eigenvalue weighted by Crippen LogP contribution is 2.36. The van der Waals surface area contributed by atoms with Crippen molar-refractivity contribution < 1.29 is 17.9 Å². The monoisotopic (exact) mass is 523 g/mol. The summed E-state index contributed by atoms with van der Waals surface area (Å²) in [4.78, 5) is 25.5. The van der Waals surface area contributed by atoms with Crippen LogP contribution in [0.2, 0.25) is 0 Å². The zero-order valence-corrected chi connectivity index (χ0v) is 21.4. The standard InChI is InChI=1S/C26H25N3O5S2/c1-17(2)29-21-13-12-19(14-24(21)35-26(29)31)27-25(30)23-15-28(20-10-6-7-11-22(20)34-23)36(32,33)16-18-8-4-3-5-9-18/h3-14,17,23H,15-16H2,1-2H3,(H,27,30)/t23-/m1/s1. The number of ether oxygens (including phenoxy) is 1. The van der Waals surface area contributed by atoms with Gasteiger partial charge in [-0.1, -0.05) is 53.8 Å². The molecule has 4 aromatic rings. The van der Waals surface area contributed by atoms with Crippen LogP contribution in [0.3, 0.4) is 0 Å². The first-order chi connectivity index (χ1) is 17.2. The van der Waals surface area contributed by atoms with E-state index in [9.17, 15) is 18.0 Å². The Hall–Kier alpha value is -3.63. The van der Waals surface area contributed by atoms with Gasteiger partial charge in [-0.3, -0.25) is 18.5 Å². The molecule has 0 bridgehead atoms. The number of benzene rings is 3. The first kappa shape index (κ1) is 24.1. The summed E-state index contributed by atoms with van der Waals surface area (Å²) >= 11 is 1.12. The number of amides is 1. The highest BCUT2D eigenvalue weighted by molar-refractivity contribution is 7.92. The van der Waals surface area contributed by atoms with Crippen molar-refractivity contribution in [1.29, 1.82) is 0 Å². The van der Waals surface area contributed by atoms with E-state index in [0.29, 0.717) is 22.7 Å². The SMILES string of the molecule is CC(C)n1c(=O)sc2cc(NC(=O)[C@H]3CN(S(=O)(=O)Cc4ccccc4)c4ccccc4O3)ccc21. The predicted molar refractivity (Wildman–Crippen MR) is 142 cm³/mol. The molecule has 0 saturated carbocycles. The Morgan fingerprint density at radius 3 is 2.56 bits per heavy atom. The van der Waals surface area contributed by atoms with Crippen LogP contribution in [0.25, 0.3) is 10.2 Å². The molecular formula is C26H25N3O5S2. The zero-order valence-electron chi connectivity index (χ0n) is 19.7. The predicted octanol–water partition coefficient (Wildman–Crippen LogP) is 4.38. The van der Waals surface area contributed by atoms with Gasteiger partial charge in [0.2, 0.25) is 10.0 Å². The van der Waals surface area contributed by atoms with Crippen LogP contribution in [-0.4, -0.2) is 31.5 Å². The molecule has 1 aliphatic rings. The molecule has 1 N–H and O–H groups in total. The van der Waals surface area contributed by atoms with Crippen molar-refractivity contribution in [2.24, 2.45) is 0 Å². The van der Waals surface area contributed by atoms with Gasteiger partial charge >= 0.3 is 4.87 Å². The van der Waals surface area contributed by atoms with Gasteiger partial charge in [-0.05, 0) is 49.7 Å². The van der Waals surface area contributed by atoms with E-state index >= 15 is 0 Å². The molecule has 5 rings (SSSR count). The van der Waals surface area contributed by atoms with Crippen molar-refractivity contribution in [3.05, 3.63) is 88.0 Å². The number of carbonyl (C=O) groups is 1. The van der Waals surface area contributed by atoms with E-state index in [2.05, 4.69) is 5.32 Å². The Labute approximate surface area is 212 Å². The fourth-order valence-electron chi connectivity index (χ4n) is 4.29. The third-order valence-corrected chi connectivity index (χ3v) is 8.59. The summed E-state index contributed by atoms with van der Waals surface area (Å²) in [7, 11) is -3.79. The average molecular weight is 524 g/mol. The number of nitrogens with zero attached hydrogens (tertiary/aromatic N) is 2. The van der Waals surface area contributed by atoms with Crippen LogP contribution in [0.1, 0.15) is 25.5 Å². The van der Waals surface area contributed by atoms with Crippen molar-refractivity contribution in [1.82, 2.24) is 4.57 Å². The Morgan fingerprint density at radius 2 is 1.81 bits per heavy atom. The first-order valence-electron chi connectivity index (χ1n) is 11.5. The minimum absolute atomic E-state index is 0.0196. The van der Waals surface area contributed by atoms with Crippen molar-refractivity contribution in [3.8, 4) is 5.75 Å². The molecule has 1 atom stereocenters. The molecular weight excluding hydrogens is 498 g/mol. The summed E-state index contributed by atoms with van der Waals surface area (Å²) in [6.45, 7) is 3.73. The number of hydrogen-bond donors (Lipinski definition) is 1. The topological polar surface area (TPSA) is 97.7 Å². The number of hydrogen-bond acceptors (Lipinski definition) is 6. The lowest BCUT2D eigenvalue weighted by molar-refractivity contribution is -0.122. The third kappa shape index (κ3) is 4.61. The van der Waals surface area contributed by atoms with Crippen molar-refractivity contribution in [3.63, 3.8) is 0 Å². The van der Waals surface area contributed by atoms with Crippen LogP contribution in [0.15, 0.2) is 77.6 Å². The highest BCUT2D eigenvalue weighted by atomic mass is 32.2. The van der Waals surface area contributed by atoms with Gasteiger partial charge in [0, 0.05) is 11.7 Å². The smallest absolute Gasteiger partial charge is 0.308 e. The van der Waals surface area contributed by atoms with Crippen molar-refractivity contribution in [2.75, 3.05) is 16.2 Å². The Balaban J connectivity index is 1.41. The van der Waals surface area contributed by atoms with E-state index in [1.165, 1.54) is 4.31 Å². The Kier molecular flexibility index (Phi) is 6.31. The first-order valence-corrected chi connectivity index (χ1v) is 13.9. The fraction of sp³-hybridized carbons (Fsp3) is 0.231. The van der Waals surface area contributed by atoms with Gasteiger partial charge in [-0.15, -0.1) is 0 Å². The summed E-state index contributed by atoms with van der Waals surface area (Å²) < 4.78 is 36.4. The molecule has 0 aliphatic carbocycles. The molecule has 10 heteroatoms. The molecule has 0 spiro atoms. The molecule has 2 heterocycles. The molecule has 1 aliphatic heterocycles. The van der Waals surface area contributed by atoms with Gasteiger partial charge in [0.25, 0.3) is 5.91 Å². The van der Waals surface area contributed by atoms with E-state index in [0.717, 1.165) is 21.6 Å². The van der Waals surface area contributed by atoms with E-state index in [1.54, 1.807) is 71.3 Å². The Morgan fingerprint density at radius 1 is 1.08 bits per heavy atom. The zero-order chi connectivity index (χ0) is 25.4. The molecule has 0 unspecified atom stereocenters. The van der Waals surface area contributed by atoms with E-state index < -0.39 is 22.0 Å². The van der Waals surface area contributed by atoms with Gasteiger partial charge in [0.15, 0.2) is 6.10 Å². The van der Waals surface area contributed by atoms with Crippen molar-refractivity contribution >= 4 is 48.9 Å². The number of thiazole rings is 1. The molecule has 3 aromatic carbocycles. The van der Waals surface area contributed by atoms with Crippen LogP contribution in [-0.2, 0) is 20.6 Å². The minimum atomic E-state index is -3.79. The molecule has 36 heavy (non-hydrogen) atoms. The summed E-state index contributed by atoms with van der Waals surface area (Å²) in [6.07, 6.45) is -1.06. The van der Waals surface area contributed by atoms with Crippen molar-refractivity contribution in [2.45, 2.75) is 31.7 Å². The quantitative estimate of drug-likeness (QED) is 0.405. The molecule has 0 saturated heterocycles. The second-order valence-electron chi connectivity index (χ2n) is 8.85. The lowest BCUT2D eigenvalue weighted by Gasteiger charge is -2.34. The molecule has 0 radical (unpaired) electrons. The largest absolute Gasteiger partial charge is 0.476 e. The van der Waals surface area contributed by atoms with Gasteiger partial charge in [0.05, 0.1) is 28.2 Å². The summed E-state index contributed by atoms with van der Waals surface area (Å²) in [5, 5.41) is 2.82. The number of anilines is 2. The molecule has 1 aromatic heterocycles. The number of carbonyl (C=O) groups excluding carboxylic acids is 1. The van der Waals surface area contributed by atoms with Gasteiger partial charge in [-0.2, -0.15) is 0 Å². The maximum atomic E-state index is 13.4. The van der Waals surface area contributed by atoms with Gasteiger partial charge in [0.1, 0.15) is 5.75 Å². The number of nitrogens with one attached hydrogen (secondary N) is 1. The number of rotatable bonds is 6. The lowest BCUT2D eigenvalue weighted by atomic mass is 10.2. The maximum Gasteiger partial charge on any atom is 0.308 e. The van der Waals surface area contributed by atoms with Crippen LogP contribution in [0.5, 0.6) is 5.75 Å². The summed E-state index contributed by atoms with van der Waals surface area (Å²) in [6, 6.07) is 21.0. The van der Waals surface area contributed by atoms with Crippen LogP contribution >= 0.6 is 11.3 Å². The van der Waals surface area contributed by atoms with E-state index in [1.807, 2.05) is 19.9 Å². The minimum Gasteiger partial charge on any atom is -0.476 e. The maximum absolute atomic E-state index is 13.4. The van der Waals surface area contributed by atoms with E-state index in [4.69, 9.17) is 4.74 Å². The van der Waals surface area contributed by atoms with Crippen LogP contribution < -0.4 is 19.2 Å².